The zero-order valence-corrected chi connectivity index (χ0v) is 32.0. The van der Waals surface area contributed by atoms with Crippen molar-refractivity contribution in [1.29, 1.82) is 0 Å². The molecule has 0 amide bonds. The summed E-state index contributed by atoms with van der Waals surface area (Å²) in [6, 6.07) is 37.5. The number of ether oxygens (including phenoxy) is 2. The second kappa shape index (κ2) is 15.9. The topological polar surface area (TPSA) is 94.1 Å². The van der Waals surface area contributed by atoms with Crippen LogP contribution in [0.15, 0.2) is 128 Å². The molecule has 0 saturated heterocycles. The Morgan fingerprint density at radius 2 is 1.42 bits per heavy atom. The standard InChI is InChI=1S/C45H44N4O5S/c1-3-5-15-32-25-26-40-38(31-32)48(36-20-7-8-22-39(36)52-40)30-27-45(54-55(50)51,42-24-10-12-29-47-42)49-37-21-13-17-33(16-6-4-2)44(37)53-41-23-14-18-34(43(41)49)35-19-9-11-28-46-35/h7-14,17-26,28-29,31,55H,3-6,15-16,27,30H2,1-2H3. The van der Waals surface area contributed by atoms with Crippen molar-refractivity contribution in [2.75, 3.05) is 16.3 Å². The Labute approximate surface area is 324 Å². The highest BCUT2D eigenvalue weighted by molar-refractivity contribution is 7.67. The fourth-order valence-electron chi connectivity index (χ4n) is 7.72. The predicted octanol–water partition coefficient (Wildman–Crippen LogP) is 10.8. The molecule has 0 aliphatic carbocycles. The molecular formula is C45H44N4O5S. The predicted molar refractivity (Wildman–Crippen MR) is 217 cm³/mol. The average Bonchev–Trinajstić information content (AvgIpc) is 3.22. The van der Waals surface area contributed by atoms with Gasteiger partial charge in [-0.15, -0.1) is 0 Å². The maximum Gasteiger partial charge on any atom is 0.259 e. The minimum atomic E-state index is -3.42. The lowest BCUT2D eigenvalue weighted by Crippen LogP contribution is -2.49. The van der Waals surface area contributed by atoms with Gasteiger partial charge in [-0.25, -0.2) is 12.6 Å². The van der Waals surface area contributed by atoms with Gasteiger partial charge in [-0.2, -0.15) is 0 Å². The third kappa shape index (κ3) is 7.03. The van der Waals surface area contributed by atoms with Gasteiger partial charge in [0.25, 0.3) is 11.0 Å². The summed E-state index contributed by atoms with van der Waals surface area (Å²) in [5.41, 5.74) is 5.53. The molecule has 9 nitrogen and oxygen atoms in total. The molecule has 1 atom stereocenters. The second-order valence-corrected chi connectivity index (χ2v) is 14.5. The number of benzene rings is 4. The first kappa shape index (κ1) is 36.3. The Balaban J connectivity index is 1.37. The van der Waals surface area contributed by atoms with Crippen LogP contribution in [0.2, 0.25) is 0 Å². The van der Waals surface area contributed by atoms with Gasteiger partial charge in [-0.05, 0) is 97.5 Å². The van der Waals surface area contributed by atoms with Crippen molar-refractivity contribution in [3.63, 3.8) is 0 Å². The zero-order valence-electron chi connectivity index (χ0n) is 31.1. The van der Waals surface area contributed by atoms with Crippen LogP contribution in [0, 0.1) is 0 Å². The number of hydrogen-bond donors (Lipinski definition) is 1. The molecular weight excluding hydrogens is 709 g/mol. The molecule has 2 aliphatic heterocycles. The molecule has 2 aromatic heterocycles. The Morgan fingerprint density at radius 3 is 2.20 bits per heavy atom. The number of para-hydroxylation sites is 4. The summed E-state index contributed by atoms with van der Waals surface area (Å²) in [7, 11) is -3.42. The highest BCUT2D eigenvalue weighted by atomic mass is 32.2. The van der Waals surface area contributed by atoms with Gasteiger partial charge >= 0.3 is 0 Å². The molecule has 0 N–H and O–H groups in total. The van der Waals surface area contributed by atoms with Crippen LogP contribution in [-0.4, -0.2) is 24.9 Å². The van der Waals surface area contributed by atoms with Crippen molar-refractivity contribution in [3.05, 3.63) is 144 Å². The maximum absolute atomic E-state index is 13.3. The second-order valence-electron chi connectivity index (χ2n) is 13.9. The molecule has 8 rings (SSSR count). The van der Waals surface area contributed by atoms with Gasteiger partial charge in [0, 0.05) is 30.9 Å². The number of unbranched alkanes of at least 4 members (excludes halogenated alkanes) is 2. The Bertz CT molecular complexity index is 2360. The number of hydrogen-bond acceptors (Lipinski definition) is 9. The first-order valence-corrected chi connectivity index (χ1v) is 20.2. The minimum absolute atomic E-state index is 0.162. The van der Waals surface area contributed by atoms with Crippen molar-refractivity contribution in [3.8, 4) is 34.3 Å². The number of aromatic nitrogens is 2. The van der Waals surface area contributed by atoms with Crippen molar-refractivity contribution in [2.45, 2.75) is 64.5 Å². The quantitative estimate of drug-likeness (QED) is 0.109. The molecule has 4 aromatic carbocycles. The van der Waals surface area contributed by atoms with Crippen LogP contribution in [-0.2, 0) is 33.7 Å². The summed E-state index contributed by atoms with van der Waals surface area (Å²) < 4.78 is 46.3. The Kier molecular flexibility index (Phi) is 10.5. The molecule has 280 valence electrons. The van der Waals surface area contributed by atoms with Gasteiger partial charge in [0.05, 0.1) is 34.1 Å². The number of aryl methyl sites for hydroxylation is 2. The molecule has 6 aromatic rings. The molecule has 10 heteroatoms. The SMILES string of the molecule is CCCCc1ccc2c(c1)N(CCC(O[SH](=O)=O)(c1ccccn1)N1c3cccc(CCCC)c3Oc3cccc(-c4ccccn4)c31)c1ccccc1O2. The van der Waals surface area contributed by atoms with E-state index in [2.05, 4.69) is 36.9 Å². The van der Waals surface area contributed by atoms with Crippen LogP contribution in [0.1, 0.15) is 62.8 Å². The number of rotatable bonds is 14. The number of anilines is 4. The summed E-state index contributed by atoms with van der Waals surface area (Å²) in [4.78, 5) is 13.8. The number of nitrogens with zero attached hydrogens (tertiary/aromatic N) is 4. The normalized spacial score (nSPS) is 13.9. The number of thiol groups is 1. The molecule has 55 heavy (non-hydrogen) atoms. The average molecular weight is 753 g/mol. The van der Waals surface area contributed by atoms with Gasteiger partial charge in [0.15, 0.2) is 23.0 Å². The van der Waals surface area contributed by atoms with Crippen molar-refractivity contribution < 1.29 is 22.1 Å². The van der Waals surface area contributed by atoms with E-state index in [-0.39, 0.29) is 6.42 Å². The smallest absolute Gasteiger partial charge is 0.259 e. The largest absolute Gasteiger partial charge is 0.453 e. The molecule has 0 bridgehead atoms. The molecule has 0 fully saturated rings. The third-order valence-corrected chi connectivity index (χ3v) is 10.8. The van der Waals surface area contributed by atoms with Crippen molar-refractivity contribution >= 4 is 33.7 Å². The van der Waals surface area contributed by atoms with E-state index in [0.29, 0.717) is 40.8 Å². The Morgan fingerprint density at radius 1 is 0.691 bits per heavy atom. The lowest BCUT2D eigenvalue weighted by molar-refractivity contribution is 0.0735. The molecule has 1 unspecified atom stereocenters. The monoisotopic (exact) mass is 752 g/mol. The third-order valence-electron chi connectivity index (χ3n) is 10.3. The van der Waals surface area contributed by atoms with Crippen molar-refractivity contribution in [1.82, 2.24) is 9.97 Å². The number of pyridine rings is 2. The van der Waals surface area contributed by atoms with E-state index in [1.165, 1.54) is 5.56 Å². The summed E-state index contributed by atoms with van der Waals surface area (Å²) >= 11 is 0. The van der Waals surface area contributed by atoms with Gasteiger partial charge in [-0.3, -0.25) is 14.9 Å². The van der Waals surface area contributed by atoms with E-state index in [9.17, 15) is 8.42 Å². The summed E-state index contributed by atoms with van der Waals surface area (Å²) in [5, 5.41) is 0. The van der Waals surface area contributed by atoms with Gasteiger partial charge < -0.3 is 14.4 Å². The van der Waals surface area contributed by atoms with Crippen LogP contribution in [0.5, 0.6) is 23.0 Å². The molecule has 2 aliphatic rings. The summed E-state index contributed by atoms with van der Waals surface area (Å²) in [6.07, 6.45) is 9.44. The van der Waals surface area contributed by atoms with Gasteiger partial charge in [-0.1, -0.05) is 81.3 Å². The van der Waals surface area contributed by atoms with Crippen LogP contribution >= 0.6 is 0 Å². The molecule has 0 saturated carbocycles. The molecule has 0 spiro atoms. The number of fused-ring (bicyclic) bond motifs is 4. The highest BCUT2D eigenvalue weighted by Gasteiger charge is 2.49. The zero-order chi connectivity index (χ0) is 37.8. The van der Waals surface area contributed by atoms with Gasteiger partial charge in [0.1, 0.15) is 0 Å². The first-order chi connectivity index (χ1) is 27.0. The van der Waals surface area contributed by atoms with E-state index >= 15 is 0 Å². The van der Waals surface area contributed by atoms with Crippen LogP contribution in [0.4, 0.5) is 22.7 Å². The summed E-state index contributed by atoms with van der Waals surface area (Å²) in [5.74, 6) is 2.68. The maximum atomic E-state index is 13.3. The van der Waals surface area contributed by atoms with E-state index < -0.39 is 16.7 Å². The van der Waals surface area contributed by atoms with Gasteiger partial charge in [0.2, 0.25) is 5.72 Å². The van der Waals surface area contributed by atoms with E-state index in [0.717, 1.165) is 72.5 Å². The minimum Gasteiger partial charge on any atom is -0.453 e. The van der Waals surface area contributed by atoms with Crippen LogP contribution < -0.4 is 19.3 Å². The lowest BCUT2D eigenvalue weighted by atomic mass is 9.94. The fourth-order valence-corrected chi connectivity index (χ4v) is 8.23. The van der Waals surface area contributed by atoms with E-state index in [4.69, 9.17) is 23.6 Å². The van der Waals surface area contributed by atoms with Crippen LogP contribution in [0.25, 0.3) is 11.3 Å². The highest BCUT2D eigenvalue weighted by Crippen LogP contribution is 2.58. The first-order valence-electron chi connectivity index (χ1n) is 19.1. The van der Waals surface area contributed by atoms with Crippen molar-refractivity contribution in [2.24, 2.45) is 0 Å². The molecule has 0 radical (unpaired) electrons. The molecule has 4 heterocycles. The van der Waals surface area contributed by atoms with E-state index in [1.807, 2.05) is 102 Å². The van der Waals surface area contributed by atoms with Crippen LogP contribution in [0.3, 0.4) is 0 Å². The summed E-state index contributed by atoms with van der Waals surface area (Å²) in [6.45, 7) is 4.69. The fraction of sp³-hybridized carbons (Fsp3) is 0.244. The Hall–Kier alpha value is -5.71. The lowest BCUT2D eigenvalue weighted by Gasteiger charge is -2.47. The van der Waals surface area contributed by atoms with E-state index in [1.54, 1.807) is 12.4 Å².